The van der Waals surface area contributed by atoms with Crippen molar-refractivity contribution >= 4 is 17.2 Å². The van der Waals surface area contributed by atoms with Crippen LogP contribution in [-0.4, -0.2) is 26.3 Å². The first-order valence-electron chi connectivity index (χ1n) is 6.16. The highest BCUT2D eigenvalue weighted by Gasteiger charge is 2.29. The maximum atomic E-state index is 12.0. The lowest BCUT2D eigenvalue weighted by Crippen LogP contribution is -2.10. The van der Waals surface area contributed by atoms with E-state index >= 15 is 0 Å². The SMILES string of the molecule is Cc1nc2n(n1)CC(=O)C2=Nc1c(C)cccc1C. The molecule has 2 heterocycles. The van der Waals surface area contributed by atoms with E-state index in [1.165, 1.54) is 0 Å². The molecule has 1 aliphatic heterocycles. The van der Waals surface area contributed by atoms with E-state index in [4.69, 9.17) is 0 Å². The van der Waals surface area contributed by atoms with Crippen LogP contribution in [0.15, 0.2) is 23.2 Å². The fourth-order valence-electron chi connectivity index (χ4n) is 2.28. The van der Waals surface area contributed by atoms with Gasteiger partial charge in [-0.05, 0) is 31.9 Å². The molecule has 0 saturated heterocycles. The summed E-state index contributed by atoms with van der Waals surface area (Å²) in [7, 11) is 0. The third kappa shape index (κ3) is 1.87. The van der Waals surface area contributed by atoms with Gasteiger partial charge in [-0.1, -0.05) is 18.2 Å². The quantitative estimate of drug-likeness (QED) is 0.781. The summed E-state index contributed by atoms with van der Waals surface area (Å²) < 4.78 is 1.62. The molecule has 3 rings (SSSR count). The Morgan fingerprint density at radius 1 is 1.21 bits per heavy atom. The van der Waals surface area contributed by atoms with Crippen molar-refractivity contribution in [2.45, 2.75) is 27.3 Å². The smallest absolute Gasteiger partial charge is 0.206 e. The Labute approximate surface area is 111 Å². The second-order valence-electron chi connectivity index (χ2n) is 4.76. The van der Waals surface area contributed by atoms with Crippen molar-refractivity contribution in [1.29, 1.82) is 0 Å². The molecule has 96 valence electrons. The molecule has 0 amide bonds. The molecule has 0 unspecified atom stereocenters. The first-order chi connectivity index (χ1) is 9.06. The summed E-state index contributed by atoms with van der Waals surface area (Å²) >= 11 is 0. The molecule has 0 N–H and O–H groups in total. The number of aromatic nitrogens is 3. The molecule has 0 atom stereocenters. The molecule has 0 spiro atoms. The highest BCUT2D eigenvalue weighted by molar-refractivity contribution is 6.47. The molecule has 0 aliphatic carbocycles. The van der Waals surface area contributed by atoms with Crippen molar-refractivity contribution in [3.63, 3.8) is 0 Å². The summed E-state index contributed by atoms with van der Waals surface area (Å²) in [5, 5.41) is 4.18. The summed E-state index contributed by atoms with van der Waals surface area (Å²) in [6.07, 6.45) is 0. The van der Waals surface area contributed by atoms with E-state index in [-0.39, 0.29) is 12.3 Å². The summed E-state index contributed by atoms with van der Waals surface area (Å²) in [5.41, 5.74) is 3.36. The predicted octanol–water partition coefficient (Wildman–Crippen LogP) is 1.91. The number of aliphatic imine (C=N–C) groups is 1. The number of carbonyl (C=O) groups is 1. The second kappa shape index (κ2) is 4.12. The van der Waals surface area contributed by atoms with Gasteiger partial charge < -0.3 is 0 Å². The first kappa shape index (κ1) is 11.8. The minimum atomic E-state index is -0.0300. The van der Waals surface area contributed by atoms with Crippen molar-refractivity contribution in [3.05, 3.63) is 41.0 Å². The number of fused-ring (bicyclic) bond motifs is 1. The summed E-state index contributed by atoms with van der Waals surface area (Å²) in [4.78, 5) is 20.8. The average molecular weight is 254 g/mol. The molecular formula is C14H14N4O. The van der Waals surface area contributed by atoms with Crippen LogP contribution in [0.2, 0.25) is 0 Å². The Morgan fingerprint density at radius 3 is 2.58 bits per heavy atom. The Hall–Kier alpha value is -2.30. The summed E-state index contributed by atoms with van der Waals surface area (Å²) in [5.74, 6) is 1.21. The number of benzene rings is 1. The molecule has 0 radical (unpaired) electrons. The van der Waals surface area contributed by atoms with Crippen LogP contribution in [0.4, 0.5) is 5.69 Å². The average Bonchev–Trinajstić information content (AvgIpc) is 2.81. The van der Waals surface area contributed by atoms with Gasteiger partial charge in [0.25, 0.3) is 0 Å². The minimum Gasteiger partial charge on any atom is -0.290 e. The topological polar surface area (TPSA) is 60.1 Å². The number of rotatable bonds is 1. The number of aryl methyl sites for hydroxylation is 3. The number of hydrogen-bond donors (Lipinski definition) is 0. The molecule has 0 fully saturated rings. The maximum Gasteiger partial charge on any atom is 0.206 e. The monoisotopic (exact) mass is 254 g/mol. The Balaban J connectivity index is 2.16. The molecule has 19 heavy (non-hydrogen) atoms. The van der Waals surface area contributed by atoms with Gasteiger partial charge in [0, 0.05) is 0 Å². The van der Waals surface area contributed by atoms with Crippen LogP contribution in [0.5, 0.6) is 0 Å². The molecule has 0 saturated carbocycles. The number of hydrogen-bond acceptors (Lipinski definition) is 4. The lowest BCUT2D eigenvalue weighted by Gasteiger charge is -2.04. The van der Waals surface area contributed by atoms with E-state index in [2.05, 4.69) is 15.1 Å². The highest BCUT2D eigenvalue weighted by atomic mass is 16.1. The lowest BCUT2D eigenvalue weighted by atomic mass is 10.1. The zero-order valence-corrected chi connectivity index (χ0v) is 11.1. The Kier molecular flexibility index (Phi) is 2.55. The van der Waals surface area contributed by atoms with Gasteiger partial charge in [0.2, 0.25) is 5.78 Å². The molecular weight excluding hydrogens is 240 g/mol. The lowest BCUT2D eigenvalue weighted by molar-refractivity contribution is -0.112. The number of nitrogens with zero attached hydrogens (tertiary/aromatic N) is 4. The third-order valence-corrected chi connectivity index (χ3v) is 3.21. The summed E-state index contributed by atoms with van der Waals surface area (Å²) in [6.45, 7) is 6.02. The van der Waals surface area contributed by atoms with Crippen LogP contribution < -0.4 is 0 Å². The van der Waals surface area contributed by atoms with E-state index in [0.717, 1.165) is 16.8 Å². The minimum absolute atomic E-state index is 0.0300. The third-order valence-electron chi connectivity index (χ3n) is 3.21. The van der Waals surface area contributed by atoms with Crippen molar-refractivity contribution in [2.24, 2.45) is 4.99 Å². The van der Waals surface area contributed by atoms with E-state index in [9.17, 15) is 4.79 Å². The molecule has 2 aromatic rings. The van der Waals surface area contributed by atoms with Gasteiger partial charge in [0.05, 0.1) is 5.69 Å². The number of Topliss-reactive ketones (excluding diaryl/α,β-unsaturated/α-hetero) is 1. The highest BCUT2D eigenvalue weighted by Crippen LogP contribution is 2.25. The van der Waals surface area contributed by atoms with Crippen LogP contribution >= 0.6 is 0 Å². The number of carbonyl (C=O) groups excluding carboxylic acids is 1. The van der Waals surface area contributed by atoms with Gasteiger partial charge in [0.15, 0.2) is 11.5 Å². The normalized spacial score (nSPS) is 16.2. The van der Waals surface area contributed by atoms with E-state index < -0.39 is 0 Å². The number of ketones is 1. The molecule has 1 aliphatic rings. The molecule has 5 heteroatoms. The van der Waals surface area contributed by atoms with E-state index in [1.54, 1.807) is 4.68 Å². The summed E-state index contributed by atoms with van der Waals surface area (Å²) in [6, 6.07) is 5.96. The second-order valence-corrected chi connectivity index (χ2v) is 4.76. The van der Waals surface area contributed by atoms with Crippen LogP contribution in [0.3, 0.4) is 0 Å². The molecule has 1 aromatic carbocycles. The van der Waals surface area contributed by atoms with Gasteiger partial charge in [-0.25, -0.2) is 14.7 Å². The van der Waals surface area contributed by atoms with Crippen LogP contribution in [0.25, 0.3) is 0 Å². The van der Waals surface area contributed by atoms with Crippen molar-refractivity contribution in [2.75, 3.05) is 0 Å². The van der Waals surface area contributed by atoms with E-state index in [1.807, 2.05) is 39.0 Å². The standard InChI is InChI=1S/C14H14N4O/c1-8-5-4-6-9(2)12(8)16-13-11(19)7-18-14(13)15-10(3)17-18/h4-6H,7H2,1-3H3. The van der Waals surface area contributed by atoms with Crippen LogP contribution in [0, 0.1) is 20.8 Å². The van der Waals surface area contributed by atoms with Gasteiger partial charge in [-0.15, -0.1) is 0 Å². The van der Waals surface area contributed by atoms with Gasteiger partial charge in [0.1, 0.15) is 12.4 Å². The largest absolute Gasteiger partial charge is 0.290 e. The first-order valence-corrected chi connectivity index (χ1v) is 6.16. The van der Waals surface area contributed by atoms with Gasteiger partial charge in [-0.3, -0.25) is 4.79 Å². The molecule has 1 aromatic heterocycles. The zero-order chi connectivity index (χ0) is 13.6. The molecule has 0 bridgehead atoms. The van der Waals surface area contributed by atoms with Crippen LogP contribution in [0.1, 0.15) is 22.8 Å². The Morgan fingerprint density at radius 2 is 1.89 bits per heavy atom. The van der Waals surface area contributed by atoms with Crippen molar-refractivity contribution in [1.82, 2.24) is 14.8 Å². The Bertz CT molecular complexity index is 692. The fourth-order valence-corrected chi connectivity index (χ4v) is 2.28. The number of para-hydroxylation sites is 1. The fraction of sp³-hybridized carbons (Fsp3) is 0.286. The zero-order valence-electron chi connectivity index (χ0n) is 11.1. The van der Waals surface area contributed by atoms with Crippen molar-refractivity contribution in [3.8, 4) is 0 Å². The predicted molar refractivity (Wildman–Crippen MR) is 71.9 cm³/mol. The maximum absolute atomic E-state index is 12.0. The van der Waals surface area contributed by atoms with Crippen LogP contribution in [-0.2, 0) is 11.3 Å². The molecule has 5 nitrogen and oxygen atoms in total. The van der Waals surface area contributed by atoms with Gasteiger partial charge in [-0.2, -0.15) is 5.10 Å². The van der Waals surface area contributed by atoms with Gasteiger partial charge >= 0.3 is 0 Å². The van der Waals surface area contributed by atoms with Crippen molar-refractivity contribution < 1.29 is 4.79 Å². The van der Waals surface area contributed by atoms with E-state index in [0.29, 0.717) is 17.4 Å².